The normalized spacial score (nSPS) is 14.9. The molecule has 1 rings (SSSR count). The first-order chi connectivity index (χ1) is 7.17. The Balaban J connectivity index is 2.69. The van der Waals surface area contributed by atoms with Crippen LogP contribution in [-0.4, -0.2) is 6.04 Å². The summed E-state index contributed by atoms with van der Waals surface area (Å²) in [5.41, 5.74) is 1.17. The number of rotatable bonds is 5. The Labute approximate surface area is 91.7 Å². The Bertz CT molecular complexity index is 281. The number of benzene rings is 1. The molecule has 2 heteroatoms. The summed E-state index contributed by atoms with van der Waals surface area (Å²) >= 11 is 0. The van der Waals surface area contributed by atoms with Crippen LogP contribution < -0.4 is 5.32 Å². The van der Waals surface area contributed by atoms with Crippen LogP contribution in [0.15, 0.2) is 24.3 Å². The quantitative estimate of drug-likeness (QED) is 0.780. The van der Waals surface area contributed by atoms with Gasteiger partial charge in [0.05, 0.1) is 0 Å². The van der Waals surface area contributed by atoms with E-state index in [9.17, 15) is 4.39 Å². The van der Waals surface area contributed by atoms with Crippen LogP contribution in [-0.2, 0) is 0 Å². The molecule has 0 bridgehead atoms. The average Bonchev–Trinajstić information content (AvgIpc) is 2.27. The van der Waals surface area contributed by atoms with Crippen molar-refractivity contribution in [3.8, 4) is 0 Å². The maximum absolute atomic E-state index is 12.8. The summed E-state index contributed by atoms with van der Waals surface area (Å²) in [5.74, 6) is -0.169. The third-order valence-corrected chi connectivity index (χ3v) is 2.78. The Morgan fingerprint density at radius 1 is 1.13 bits per heavy atom. The minimum absolute atomic E-state index is 0.169. The van der Waals surface area contributed by atoms with Crippen molar-refractivity contribution in [1.82, 2.24) is 5.32 Å². The second kappa shape index (κ2) is 5.86. The molecule has 1 aromatic rings. The number of halogens is 1. The summed E-state index contributed by atoms with van der Waals surface area (Å²) in [7, 11) is 0. The second-order valence-corrected chi connectivity index (χ2v) is 3.99. The smallest absolute Gasteiger partial charge is 0.123 e. The summed E-state index contributed by atoms with van der Waals surface area (Å²) in [6.45, 7) is 6.48. The first-order valence-corrected chi connectivity index (χ1v) is 5.68. The van der Waals surface area contributed by atoms with E-state index in [1.807, 2.05) is 12.1 Å². The van der Waals surface area contributed by atoms with Crippen molar-refractivity contribution in [1.29, 1.82) is 0 Å². The molecular weight excluding hydrogens is 189 g/mol. The summed E-state index contributed by atoms with van der Waals surface area (Å²) < 4.78 is 12.8. The van der Waals surface area contributed by atoms with Gasteiger partial charge >= 0.3 is 0 Å². The minimum atomic E-state index is -0.169. The molecule has 84 valence electrons. The van der Waals surface area contributed by atoms with Gasteiger partial charge in [0.2, 0.25) is 0 Å². The van der Waals surface area contributed by atoms with E-state index < -0.39 is 0 Å². The third kappa shape index (κ3) is 3.63. The van der Waals surface area contributed by atoms with Gasteiger partial charge < -0.3 is 5.32 Å². The van der Waals surface area contributed by atoms with Crippen molar-refractivity contribution in [2.24, 2.45) is 0 Å². The van der Waals surface area contributed by atoms with E-state index in [-0.39, 0.29) is 5.82 Å². The Kier molecular flexibility index (Phi) is 4.76. The van der Waals surface area contributed by atoms with Gasteiger partial charge in [0.1, 0.15) is 5.82 Å². The molecule has 0 heterocycles. The van der Waals surface area contributed by atoms with Crippen LogP contribution >= 0.6 is 0 Å². The van der Waals surface area contributed by atoms with Gasteiger partial charge in [-0.3, -0.25) is 0 Å². The van der Waals surface area contributed by atoms with Crippen molar-refractivity contribution in [3.63, 3.8) is 0 Å². The van der Waals surface area contributed by atoms with Gasteiger partial charge in [0.25, 0.3) is 0 Å². The average molecular weight is 209 g/mol. The summed E-state index contributed by atoms with van der Waals surface area (Å²) in [5, 5.41) is 3.53. The molecule has 1 N–H and O–H groups in total. The summed E-state index contributed by atoms with van der Waals surface area (Å²) in [4.78, 5) is 0. The molecule has 0 saturated heterocycles. The lowest BCUT2D eigenvalue weighted by atomic mass is 10.0. The van der Waals surface area contributed by atoms with Crippen molar-refractivity contribution < 1.29 is 4.39 Å². The summed E-state index contributed by atoms with van der Waals surface area (Å²) in [6, 6.07) is 7.60. The monoisotopic (exact) mass is 209 g/mol. The summed E-state index contributed by atoms with van der Waals surface area (Å²) in [6.07, 6.45) is 2.13. The van der Waals surface area contributed by atoms with Crippen molar-refractivity contribution >= 4 is 0 Å². The van der Waals surface area contributed by atoms with E-state index >= 15 is 0 Å². The maximum Gasteiger partial charge on any atom is 0.123 e. The van der Waals surface area contributed by atoms with Gasteiger partial charge in [-0.1, -0.05) is 26.0 Å². The second-order valence-electron chi connectivity index (χ2n) is 3.99. The standard InChI is InChI=1S/C13H20FN/c1-4-10(3)15-13(5-2)11-6-8-12(14)9-7-11/h6-10,13,15H,4-5H2,1-3H3/t10-,13+/m1/s1. The van der Waals surface area contributed by atoms with E-state index in [0.29, 0.717) is 12.1 Å². The Morgan fingerprint density at radius 3 is 2.20 bits per heavy atom. The predicted octanol–water partition coefficient (Wildman–Crippen LogP) is 3.66. The fourth-order valence-corrected chi connectivity index (χ4v) is 1.61. The van der Waals surface area contributed by atoms with Crippen molar-refractivity contribution in [2.45, 2.75) is 45.7 Å². The topological polar surface area (TPSA) is 12.0 Å². The molecule has 0 saturated carbocycles. The highest BCUT2D eigenvalue weighted by molar-refractivity contribution is 5.19. The number of nitrogens with one attached hydrogen (secondary N) is 1. The molecule has 0 aromatic heterocycles. The Hall–Kier alpha value is -0.890. The zero-order valence-electron chi connectivity index (χ0n) is 9.76. The highest BCUT2D eigenvalue weighted by Gasteiger charge is 2.10. The maximum atomic E-state index is 12.8. The molecule has 0 aliphatic rings. The highest BCUT2D eigenvalue weighted by atomic mass is 19.1. The molecule has 0 fully saturated rings. The lowest BCUT2D eigenvalue weighted by Crippen LogP contribution is -2.29. The molecule has 1 aromatic carbocycles. The largest absolute Gasteiger partial charge is 0.307 e. The van der Waals surface area contributed by atoms with Gasteiger partial charge in [0, 0.05) is 12.1 Å². The number of hydrogen-bond donors (Lipinski definition) is 1. The van der Waals surface area contributed by atoms with Gasteiger partial charge in [-0.25, -0.2) is 4.39 Å². The molecule has 0 radical (unpaired) electrons. The van der Waals surface area contributed by atoms with E-state index in [0.717, 1.165) is 12.8 Å². The van der Waals surface area contributed by atoms with E-state index in [1.54, 1.807) is 0 Å². The van der Waals surface area contributed by atoms with Gasteiger partial charge in [-0.15, -0.1) is 0 Å². The van der Waals surface area contributed by atoms with Gasteiger partial charge in [0.15, 0.2) is 0 Å². The third-order valence-electron chi connectivity index (χ3n) is 2.78. The van der Waals surface area contributed by atoms with Crippen LogP contribution in [0, 0.1) is 5.82 Å². The Morgan fingerprint density at radius 2 is 1.73 bits per heavy atom. The lowest BCUT2D eigenvalue weighted by molar-refractivity contribution is 0.437. The molecule has 0 aliphatic heterocycles. The number of hydrogen-bond acceptors (Lipinski definition) is 1. The zero-order valence-corrected chi connectivity index (χ0v) is 9.76. The minimum Gasteiger partial charge on any atom is -0.307 e. The fraction of sp³-hybridized carbons (Fsp3) is 0.538. The molecule has 0 unspecified atom stereocenters. The molecule has 1 nitrogen and oxygen atoms in total. The van der Waals surface area contributed by atoms with Gasteiger partial charge in [-0.05, 0) is 37.5 Å². The van der Waals surface area contributed by atoms with Crippen LogP contribution in [0.4, 0.5) is 4.39 Å². The molecular formula is C13H20FN. The van der Waals surface area contributed by atoms with Crippen LogP contribution in [0.25, 0.3) is 0 Å². The van der Waals surface area contributed by atoms with Crippen molar-refractivity contribution in [2.75, 3.05) is 0 Å². The molecule has 2 atom stereocenters. The van der Waals surface area contributed by atoms with Crippen LogP contribution in [0.1, 0.15) is 45.2 Å². The first kappa shape index (κ1) is 12.2. The van der Waals surface area contributed by atoms with Crippen LogP contribution in [0.3, 0.4) is 0 Å². The lowest BCUT2D eigenvalue weighted by Gasteiger charge is -2.21. The van der Waals surface area contributed by atoms with Crippen molar-refractivity contribution in [3.05, 3.63) is 35.6 Å². The molecule has 15 heavy (non-hydrogen) atoms. The predicted molar refractivity (Wildman–Crippen MR) is 62.3 cm³/mol. The molecule has 0 spiro atoms. The zero-order chi connectivity index (χ0) is 11.3. The highest BCUT2D eigenvalue weighted by Crippen LogP contribution is 2.17. The van der Waals surface area contributed by atoms with Crippen LogP contribution in [0.2, 0.25) is 0 Å². The van der Waals surface area contributed by atoms with Gasteiger partial charge in [-0.2, -0.15) is 0 Å². The first-order valence-electron chi connectivity index (χ1n) is 5.68. The van der Waals surface area contributed by atoms with E-state index in [1.165, 1.54) is 17.7 Å². The van der Waals surface area contributed by atoms with Crippen LogP contribution in [0.5, 0.6) is 0 Å². The van der Waals surface area contributed by atoms with E-state index in [4.69, 9.17) is 0 Å². The SMILES string of the molecule is CC[C@@H](C)N[C@@H](CC)c1ccc(F)cc1. The van der Waals surface area contributed by atoms with E-state index in [2.05, 4.69) is 26.1 Å². The fourth-order valence-electron chi connectivity index (χ4n) is 1.61. The molecule has 0 aliphatic carbocycles. The molecule has 0 amide bonds.